The SMILES string of the molecule is CCS(=O)(=O)c1ccc(-c2ccc(NC(=O)C3CCCCC3C(=O)O)cc2)nn1. The van der Waals surface area contributed by atoms with Gasteiger partial charge in [-0.25, -0.2) is 8.42 Å². The van der Waals surface area contributed by atoms with Gasteiger partial charge in [0.1, 0.15) is 0 Å². The molecule has 1 aromatic carbocycles. The second-order valence-electron chi connectivity index (χ2n) is 7.06. The number of benzene rings is 1. The predicted octanol–water partition coefficient (Wildman–Crippen LogP) is 2.77. The normalized spacial score (nSPS) is 19.5. The van der Waals surface area contributed by atoms with Crippen LogP contribution in [-0.2, 0) is 19.4 Å². The molecule has 0 bridgehead atoms. The number of carbonyl (C=O) groups is 2. The van der Waals surface area contributed by atoms with Crippen molar-refractivity contribution in [1.82, 2.24) is 10.2 Å². The number of nitrogens with zero attached hydrogens (tertiary/aromatic N) is 2. The molecule has 0 spiro atoms. The molecule has 1 aliphatic carbocycles. The smallest absolute Gasteiger partial charge is 0.307 e. The first-order valence-corrected chi connectivity index (χ1v) is 11.2. The Kier molecular flexibility index (Phi) is 6.26. The van der Waals surface area contributed by atoms with E-state index in [9.17, 15) is 23.1 Å². The molecule has 9 heteroatoms. The highest BCUT2D eigenvalue weighted by molar-refractivity contribution is 7.91. The quantitative estimate of drug-likeness (QED) is 0.740. The first-order valence-electron chi connectivity index (χ1n) is 9.52. The van der Waals surface area contributed by atoms with E-state index in [-0.39, 0.29) is 16.7 Å². The van der Waals surface area contributed by atoms with Gasteiger partial charge in [0, 0.05) is 11.3 Å². The number of carbonyl (C=O) groups excluding carboxylic acids is 1. The van der Waals surface area contributed by atoms with E-state index >= 15 is 0 Å². The maximum atomic E-state index is 12.5. The first-order chi connectivity index (χ1) is 13.8. The van der Waals surface area contributed by atoms with Gasteiger partial charge in [-0.3, -0.25) is 9.59 Å². The van der Waals surface area contributed by atoms with Gasteiger partial charge in [0.05, 0.1) is 23.3 Å². The van der Waals surface area contributed by atoms with Crippen LogP contribution in [0, 0.1) is 11.8 Å². The molecule has 0 radical (unpaired) electrons. The van der Waals surface area contributed by atoms with Gasteiger partial charge in [0.15, 0.2) is 14.9 Å². The molecule has 154 valence electrons. The van der Waals surface area contributed by atoms with E-state index in [4.69, 9.17) is 0 Å². The van der Waals surface area contributed by atoms with Gasteiger partial charge in [0.25, 0.3) is 0 Å². The Labute approximate surface area is 169 Å². The van der Waals surface area contributed by atoms with Crippen LogP contribution in [0.25, 0.3) is 11.3 Å². The number of rotatable bonds is 6. The number of aliphatic carboxylic acids is 1. The summed E-state index contributed by atoms with van der Waals surface area (Å²) >= 11 is 0. The maximum absolute atomic E-state index is 12.5. The third-order valence-electron chi connectivity index (χ3n) is 5.21. The van der Waals surface area contributed by atoms with Gasteiger partial charge in [-0.1, -0.05) is 31.9 Å². The van der Waals surface area contributed by atoms with Crippen molar-refractivity contribution in [2.24, 2.45) is 11.8 Å². The summed E-state index contributed by atoms with van der Waals surface area (Å²) in [6.07, 6.45) is 2.77. The zero-order chi connectivity index (χ0) is 21.0. The number of hydrogen-bond acceptors (Lipinski definition) is 6. The fourth-order valence-electron chi connectivity index (χ4n) is 3.49. The molecule has 1 fully saturated rings. The van der Waals surface area contributed by atoms with Crippen LogP contribution in [0.15, 0.2) is 41.4 Å². The zero-order valence-electron chi connectivity index (χ0n) is 16.0. The minimum Gasteiger partial charge on any atom is -0.481 e. The van der Waals surface area contributed by atoms with Crippen molar-refractivity contribution in [3.05, 3.63) is 36.4 Å². The molecule has 8 nitrogen and oxygen atoms in total. The molecule has 0 aliphatic heterocycles. The van der Waals surface area contributed by atoms with Crippen molar-refractivity contribution in [1.29, 1.82) is 0 Å². The number of anilines is 1. The van der Waals surface area contributed by atoms with Crippen molar-refractivity contribution in [3.63, 3.8) is 0 Å². The molecule has 1 heterocycles. The lowest BCUT2D eigenvalue weighted by Gasteiger charge is -2.27. The summed E-state index contributed by atoms with van der Waals surface area (Å²) in [6.45, 7) is 1.55. The Balaban J connectivity index is 1.70. The topological polar surface area (TPSA) is 126 Å². The Hall–Kier alpha value is -2.81. The van der Waals surface area contributed by atoms with Crippen LogP contribution in [0.3, 0.4) is 0 Å². The first kappa shape index (κ1) is 20.9. The Morgan fingerprint density at radius 2 is 1.69 bits per heavy atom. The summed E-state index contributed by atoms with van der Waals surface area (Å²) in [4.78, 5) is 23.9. The second kappa shape index (κ2) is 8.69. The number of hydrogen-bond donors (Lipinski definition) is 2. The van der Waals surface area contributed by atoms with E-state index < -0.39 is 27.6 Å². The standard InChI is InChI=1S/C20H23N3O5S/c1-2-29(27,28)18-12-11-17(22-23-18)13-7-9-14(10-8-13)21-19(24)15-5-3-4-6-16(15)20(25)26/h7-12,15-16H,2-6H2,1H3,(H,21,24)(H,25,26). The summed E-state index contributed by atoms with van der Waals surface area (Å²) < 4.78 is 23.6. The van der Waals surface area contributed by atoms with Crippen molar-refractivity contribution >= 4 is 27.4 Å². The largest absolute Gasteiger partial charge is 0.481 e. The number of carboxylic acid groups (broad SMARTS) is 1. The average molecular weight is 417 g/mol. The Morgan fingerprint density at radius 3 is 2.24 bits per heavy atom. The zero-order valence-corrected chi connectivity index (χ0v) is 16.9. The predicted molar refractivity (Wildman–Crippen MR) is 107 cm³/mol. The van der Waals surface area contributed by atoms with Crippen molar-refractivity contribution in [2.75, 3.05) is 11.1 Å². The summed E-state index contributed by atoms with van der Waals surface area (Å²) in [5.74, 6) is -2.42. The molecule has 29 heavy (non-hydrogen) atoms. The minimum absolute atomic E-state index is 0.0425. The van der Waals surface area contributed by atoms with Gasteiger partial charge in [-0.2, -0.15) is 0 Å². The highest BCUT2D eigenvalue weighted by Crippen LogP contribution is 2.31. The van der Waals surface area contributed by atoms with E-state index in [1.165, 1.54) is 6.07 Å². The number of sulfone groups is 1. The monoisotopic (exact) mass is 417 g/mol. The summed E-state index contributed by atoms with van der Waals surface area (Å²) in [7, 11) is -3.40. The lowest BCUT2D eigenvalue weighted by Crippen LogP contribution is -2.36. The molecule has 2 unspecified atom stereocenters. The van der Waals surface area contributed by atoms with Gasteiger partial charge in [-0.05, 0) is 37.1 Å². The van der Waals surface area contributed by atoms with Gasteiger partial charge in [0.2, 0.25) is 5.91 Å². The third-order valence-corrected chi connectivity index (χ3v) is 6.82. The number of aromatic nitrogens is 2. The third kappa shape index (κ3) is 4.79. The van der Waals surface area contributed by atoms with Crippen LogP contribution in [0.2, 0.25) is 0 Å². The molecule has 1 amide bonds. The van der Waals surface area contributed by atoms with Crippen LogP contribution in [0.4, 0.5) is 5.69 Å². The van der Waals surface area contributed by atoms with Crippen LogP contribution >= 0.6 is 0 Å². The van der Waals surface area contributed by atoms with E-state index in [0.717, 1.165) is 18.4 Å². The van der Waals surface area contributed by atoms with E-state index in [1.807, 2.05) is 0 Å². The highest BCUT2D eigenvalue weighted by atomic mass is 32.2. The molecule has 2 atom stereocenters. The van der Waals surface area contributed by atoms with Gasteiger partial charge >= 0.3 is 5.97 Å². The molecule has 0 saturated heterocycles. The summed E-state index contributed by atoms with van der Waals surface area (Å²) in [6, 6.07) is 9.88. The molecule has 1 aromatic heterocycles. The maximum Gasteiger partial charge on any atom is 0.307 e. The average Bonchev–Trinajstić information content (AvgIpc) is 2.74. The lowest BCUT2D eigenvalue weighted by atomic mass is 9.78. The van der Waals surface area contributed by atoms with E-state index in [0.29, 0.717) is 24.2 Å². The van der Waals surface area contributed by atoms with Crippen molar-refractivity contribution < 1.29 is 23.1 Å². The summed E-state index contributed by atoms with van der Waals surface area (Å²) in [5.41, 5.74) is 1.79. The van der Waals surface area contributed by atoms with Crippen molar-refractivity contribution in [3.8, 4) is 11.3 Å². The summed E-state index contributed by atoms with van der Waals surface area (Å²) in [5, 5.41) is 19.8. The number of nitrogens with one attached hydrogen (secondary N) is 1. The highest BCUT2D eigenvalue weighted by Gasteiger charge is 2.35. The second-order valence-corrected chi connectivity index (χ2v) is 9.29. The van der Waals surface area contributed by atoms with Crippen LogP contribution in [0.5, 0.6) is 0 Å². The van der Waals surface area contributed by atoms with E-state index in [2.05, 4.69) is 15.5 Å². The van der Waals surface area contributed by atoms with Crippen LogP contribution in [0.1, 0.15) is 32.6 Å². The fourth-order valence-corrected chi connectivity index (χ4v) is 4.22. The Bertz CT molecular complexity index is 988. The molecule has 3 rings (SSSR count). The molecule has 1 saturated carbocycles. The molecule has 2 N–H and O–H groups in total. The molecular weight excluding hydrogens is 394 g/mol. The molecule has 2 aromatic rings. The van der Waals surface area contributed by atoms with Crippen LogP contribution < -0.4 is 5.32 Å². The van der Waals surface area contributed by atoms with Crippen LogP contribution in [-0.4, -0.2) is 41.4 Å². The fraction of sp³-hybridized carbons (Fsp3) is 0.400. The molecule has 1 aliphatic rings. The van der Waals surface area contributed by atoms with Crippen molar-refractivity contribution in [2.45, 2.75) is 37.6 Å². The molecular formula is C20H23N3O5S. The minimum atomic E-state index is -3.40. The van der Waals surface area contributed by atoms with Gasteiger partial charge in [-0.15, -0.1) is 10.2 Å². The lowest BCUT2D eigenvalue weighted by molar-refractivity contribution is -0.147. The Morgan fingerprint density at radius 1 is 1.03 bits per heavy atom. The van der Waals surface area contributed by atoms with E-state index in [1.54, 1.807) is 37.3 Å². The number of amides is 1. The number of carboxylic acids is 1. The van der Waals surface area contributed by atoms with Gasteiger partial charge < -0.3 is 10.4 Å².